The third-order valence-corrected chi connectivity index (χ3v) is 5.06. The van der Waals surface area contributed by atoms with E-state index >= 15 is 0 Å². The molecule has 0 bridgehead atoms. The van der Waals surface area contributed by atoms with Gasteiger partial charge in [0.2, 0.25) is 0 Å². The normalized spacial score (nSPS) is 16.5. The van der Waals surface area contributed by atoms with Crippen LogP contribution >= 0.6 is 24.0 Å². The smallest absolute Gasteiger partial charge is 0.193 e. The van der Waals surface area contributed by atoms with Crippen LogP contribution in [0.15, 0.2) is 35.6 Å². The molecule has 1 aromatic carbocycles. The fourth-order valence-corrected chi connectivity index (χ4v) is 3.72. The van der Waals surface area contributed by atoms with Gasteiger partial charge in [-0.05, 0) is 48.9 Å². The fraction of sp³-hybridized carbons (Fsp3) is 0.524. The number of rotatable bonds is 7. The van der Waals surface area contributed by atoms with Crippen molar-refractivity contribution in [3.8, 4) is 11.5 Å². The largest absolute Gasteiger partial charge is 0.493 e. The molecule has 1 aliphatic rings. The summed E-state index contributed by atoms with van der Waals surface area (Å²) in [6.45, 7) is 5.32. The Morgan fingerprint density at radius 2 is 2.14 bits per heavy atom. The predicted octanol–water partition coefficient (Wildman–Crippen LogP) is 3.09. The van der Waals surface area contributed by atoms with E-state index < -0.39 is 0 Å². The van der Waals surface area contributed by atoms with Gasteiger partial charge in [0.15, 0.2) is 17.5 Å². The Kier molecular flexibility index (Phi) is 9.06. The first-order chi connectivity index (χ1) is 13.6. The standard InChI is InChI=1S/C21H31N5O2.HI/c1-5-28-20-11-16(6-7-19(20)27-4)12-23-21(22-2)26-9-8-17(15-26)10-18-13-24-25(3)14-18;/h6-7,11,13-14,17H,5,8-10,12,15H2,1-4H3,(H,22,23);1H. The average Bonchev–Trinajstić information content (AvgIpc) is 3.32. The highest BCUT2D eigenvalue weighted by atomic mass is 127. The summed E-state index contributed by atoms with van der Waals surface area (Å²) in [4.78, 5) is 6.82. The Morgan fingerprint density at radius 3 is 2.79 bits per heavy atom. The molecule has 1 saturated heterocycles. The van der Waals surface area contributed by atoms with Gasteiger partial charge in [-0.2, -0.15) is 5.10 Å². The molecule has 1 aliphatic heterocycles. The summed E-state index contributed by atoms with van der Waals surface area (Å²) < 4.78 is 12.9. The fourth-order valence-electron chi connectivity index (χ4n) is 3.72. The minimum Gasteiger partial charge on any atom is -0.493 e. The van der Waals surface area contributed by atoms with Crippen LogP contribution in [0.3, 0.4) is 0 Å². The van der Waals surface area contributed by atoms with Gasteiger partial charge >= 0.3 is 0 Å². The van der Waals surface area contributed by atoms with Crippen molar-refractivity contribution in [1.82, 2.24) is 20.0 Å². The summed E-state index contributed by atoms with van der Waals surface area (Å²) in [5.74, 6) is 3.11. The highest BCUT2D eigenvalue weighted by Gasteiger charge is 2.25. The molecule has 0 saturated carbocycles. The second-order valence-corrected chi connectivity index (χ2v) is 7.15. The number of guanidine groups is 1. The zero-order valence-corrected chi connectivity index (χ0v) is 20.1. The number of aromatic nitrogens is 2. The Labute approximate surface area is 190 Å². The van der Waals surface area contributed by atoms with Crippen molar-refractivity contribution < 1.29 is 9.47 Å². The molecule has 160 valence electrons. The van der Waals surface area contributed by atoms with Crippen molar-refractivity contribution in [2.75, 3.05) is 33.9 Å². The van der Waals surface area contributed by atoms with Crippen LogP contribution in [0.2, 0.25) is 0 Å². The first-order valence-corrected chi connectivity index (χ1v) is 9.85. The van der Waals surface area contributed by atoms with Crippen LogP contribution in [0.5, 0.6) is 11.5 Å². The molecule has 1 atom stereocenters. The number of aryl methyl sites for hydroxylation is 1. The second-order valence-electron chi connectivity index (χ2n) is 7.15. The van der Waals surface area contributed by atoms with Gasteiger partial charge in [-0.25, -0.2) is 0 Å². The molecular formula is C21H32IN5O2. The molecule has 1 N–H and O–H groups in total. The van der Waals surface area contributed by atoms with Crippen LogP contribution in [0.1, 0.15) is 24.5 Å². The summed E-state index contributed by atoms with van der Waals surface area (Å²) >= 11 is 0. The molecule has 1 fully saturated rings. The van der Waals surface area contributed by atoms with E-state index in [1.54, 1.807) is 7.11 Å². The Balaban J connectivity index is 0.00000300. The van der Waals surface area contributed by atoms with Crippen molar-refractivity contribution in [1.29, 1.82) is 0 Å². The predicted molar refractivity (Wildman–Crippen MR) is 126 cm³/mol. The molecular weight excluding hydrogens is 481 g/mol. The maximum absolute atomic E-state index is 5.67. The lowest BCUT2D eigenvalue weighted by molar-refractivity contribution is 0.310. The van der Waals surface area contributed by atoms with Crippen LogP contribution in [0.4, 0.5) is 0 Å². The SMILES string of the molecule is CCOc1cc(CNC(=NC)N2CCC(Cc3cnn(C)c3)C2)ccc1OC.I. The van der Waals surface area contributed by atoms with Crippen LogP contribution in [-0.4, -0.2) is 54.5 Å². The van der Waals surface area contributed by atoms with Crippen molar-refractivity contribution >= 4 is 29.9 Å². The van der Waals surface area contributed by atoms with Crippen LogP contribution < -0.4 is 14.8 Å². The van der Waals surface area contributed by atoms with E-state index in [0.717, 1.165) is 42.5 Å². The van der Waals surface area contributed by atoms with E-state index in [2.05, 4.69) is 32.6 Å². The maximum atomic E-state index is 5.67. The van der Waals surface area contributed by atoms with Crippen LogP contribution in [-0.2, 0) is 20.0 Å². The first kappa shape index (κ1) is 23.3. The van der Waals surface area contributed by atoms with Crippen molar-refractivity contribution in [3.05, 3.63) is 41.7 Å². The van der Waals surface area contributed by atoms with Crippen molar-refractivity contribution in [2.24, 2.45) is 18.0 Å². The van der Waals surface area contributed by atoms with Gasteiger partial charge < -0.3 is 19.7 Å². The Bertz CT molecular complexity index is 808. The lowest BCUT2D eigenvalue weighted by atomic mass is 10.0. The number of benzene rings is 1. The van der Waals surface area contributed by atoms with Gasteiger partial charge in [-0.1, -0.05) is 6.07 Å². The maximum Gasteiger partial charge on any atom is 0.193 e. The Hall–Kier alpha value is -1.97. The van der Waals surface area contributed by atoms with Crippen LogP contribution in [0, 0.1) is 5.92 Å². The van der Waals surface area contributed by atoms with Crippen molar-refractivity contribution in [3.63, 3.8) is 0 Å². The highest BCUT2D eigenvalue weighted by molar-refractivity contribution is 14.0. The molecule has 0 amide bonds. The monoisotopic (exact) mass is 513 g/mol. The van der Waals surface area contributed by atoms with E-state index in [0.29, 0.717) is 19.1 Å². The number of ether oxygens (including phenoxy) is 2. The van der Waals surface area contributed by atoms with Gasteiger partial charge in [0.25, 0.3) is 0 Å². The van der Waals surface area contributed by atoms with Gasteiger partial charge in [-0.3, -0.25) is 9.67 Å². The lowest BCUT2D eigenvalue weighted by Gasteiger charge is -2.22. The van der Waals surface area contributed by atoms with Gasteiger partial charge in [-0.15, -0.1) is 24.0 Å². The summed E-state index contributed by atoms with van der Waals surface area (Å²) in [5.41, 5.74) is 2.44. The molecule has 2 heterocycles. The molecule has 8 heteroatoms. The van der Waals surface area contributed by atoms with Crippen molar-refractivity contribution in [2.45, 2.75) is 26.3 Å². The molecule has 1 aromatic heterocycles. The van der Waals surface area contributed by atoms with Gasteiger partial charge in [0.1, 0.15) is 0 Å². The number of hydrogen-bond acceptors (Lipinski definition) is 4. The number of methoxy groups -OCH3 is 1. The topological polar surface area (TPSA) is 63.9 Å². The molecule has 2 aromatic rings. The Morgan fingerprint density at radius 1 is 1.31 bits per heavy atom. The molecule has 7 nitrogen and oxygen atoms in total. The summed E-state index contributed by atoms with van der Waals surface area (Å²) in [6.07, 6.45) is 6.31. The molecule has 0 radical (unpaired) electrons. The minimum absolute atomic E-state index is 0. The highest BCUT2D eigenvalue weighted by Crippen LogP contribution is 2.28. The zero-order chi connectivity index (χ0) is 19.9. The van der Waals surface area contributed by atoms with E-state index in [-0.39, 0.29) is 24.0 Å². The molecule has 0 spiro atoms. The third-order valence-electron chi connectivity index (χ3n) is 5.06. The van der Waals surface area contributed by atoms with E-state index in [1.165, 1.54) is 12.0 Å². The van der Waals surface area contributed by atoms with Gasteiger partial charge in [0, 0.05) is 39.9 Å². The number of halogens is 1. The number of hydrogen-bond donors (Lipinski definition) is 1. The average molecular weight is 513 g/mol. The number of likely N-dealkylation sites (tertiary alicyclic amines) is 1. The first-order valence-electron chi connectivity index (χ1n) is 9.85. The minimum atomic E-state index is 0. The van der Waals surface area contributed by atoms with E-state index in [4.69, 9.17) is 9.47 Å². The molecule has 0 aliphatic carbocycles. The summed E-state index contributed by atoms with van der Waals surface area (Å²) in [7, 11) is 5.47. The lowest BCUT2D eigenvalue weighted by Crippen LogP contribution is -2.39. The van der Waals surface area contributed by atoms with Gasteiger partial charge in [0.05, 0.1) is 19.9 Å². The molecule has 1 unspecified atom stereocenters. The second kappa shape index (κ2) is 11.3. The third kappa shape index (κ3) is 6.25. The van der Waals surface area contributed by atoms with E-state index in [1.807, 2.05) is 44.0 Å². The summed E-state index contributed by atoms with van der Waals surface area (Å²) in [5, 5.41) is 7.76. The quantitative estimate of drug-likeness (QED) is 0.351. The number of nitrogens with one attached hydrogen (secondary N) is 1. The molecule has 29 heavy (non-hydrogen) atoms. The van der Waals surface area contributed by atoms with E-state index in [9.17, 15) is 0 Å². The zero-order valence-electron chi connectivity index (χ0n) is 17.7. The molecule has 3 rings (SSSR count). The van der Waals surface area contributed by atoms with Crippen LogP contribution in [0.25, 0.3) is 0 Å². The number of aliphatic imine (C=N–C) groups is 1. The summed E-state index contributed by atoms with van der Waals surface area (Å²) in [6, 6.07) is 6.03. The number of nitrogens with zero attached hydrogens (tertiary/aromatic N) is 4.